The molecule has 2 unspecified atom stereocenters. The second kappa shape index (κ2) is 1.73. The van der Waals surface area contributed by atoms with Gasteiger partial charge in [-0.2, -0.15) is 0 Å². The van der Waals surface area contributed by atoms with Crippen LogP contribution in [0.15, 0.2) is 11.1 Å². The van der Waals surface area contributed by atoms with E-state index in [4.69, 9.17) is 0 Å². The Kier molecular flexibility index (Phi) is 0.987. The first-order valence-corrected chi connectivity index (χ1v) is 4.98. The predicted octanol–water partition coefficient (Wildman–Crippen LogP) is 3.00. The average molecular weight is 148 g/mol. The Morgan fingerprint density at radius 2 is 2.00 bits per heavy atom. The van der Waals surface area contributed by atoms with Gasteiger partial charge in [-0.25, -0.2) is 0 Å². The van der Waals surface area contributed by atoms with Crippen molar-refractivity contribution in [1.82, 2.24) is 0 Å². The smallest absolute Gasteiger partial charge is 0.0124 e. The van der Waals surface area contributed by atoms with E-state index in [2.05, 4.69) is 13.8 Å². The fraction of sp³-hybridized carbons (Fsp3) is 0.818. The van der Waals surface area contributed by atoms with E-state index in [1.807, 2.05) is 5.57 Å². The number of allylic oxidation sites excluding steroid dienone is 2. The van der Waals surface area contributed by atoms with Crippen LogP contribution in [-0.2, 0) is 0 Å². The Labute approximate surface area is 68.7 Å². The number of rotatable bonds is 0. The fourth-order valence-electron chi connectivity index (χ4n) is 3.82. The highest BCUT2D eigenvalue weighted by atomic mass is 14.6. The number of fused-ring (bicyclic) bond motifs is 4. The van der Waals surface area contributed by atoms with Crippen LogP contribution in [0.4, 0.5) is 0 Å². The van der Waals surface area contributed by atoms with Crippen molar-refractivity contribution in [2.45, 2.75) is 33.1 Å². The highest BCUT2D eigenvalue weighted by Gasteiger charge is 2.55. The molecule has 0 aliphatic heterocycles. The van der Waals surface area contributed by atoms with Gasteiger partial charge >= 0.3 is 0 Å². The Morgan fingerprint density at radius 1 is 1.18 bits per heavy atom. The molecule has 3 aliphatic rings. The second-order valence-electron chi connectivity index (χ2n) is 4.78. The molecule has 2 fully saturated rings. The van der Waals surface area contributed by atoms with Crippen LogP contribution >= 0.6 is 0 Å². The molecule has 0 nitrogen and oxygen atoms in total. The molecule has 0 aromatic carbocycles. The second-order valence-corrected chi connectivity index (χ2v) is 4.78. The van der Waals surface area contributed by atoms with Crippen LogP contribution in [0.5, 0.6) is 0 Å². The molecule has 11 heavy (non-hydrogen) atoms. The Bertz CT molecular complexity index is 236. The van der Waals surface area contributed by atoms with E-state index in [1.54, 1.807) is 5.57 Å². The summed E-state index contributed by atoms with van der Waals surface area (Å²) >= 11 is 0. The largest absolute Gasteiger partial charge is 0.0729 e. The lowest BCUT2D eigenvalue weighted by Crippen LogP contribution is -2.45. The van der Waals surface area contributed by atoms with Crippen LogP contribution in [0.3, 0.4) is 0 Å². The van der Waals surface area contributed by atoms with E-state index in [0.29, 0.717) is 0 Å². The number of hydrogen-bond acceptors (Lipinski definition) is 0. The van der Waals surface area contributed by atoms with Crippen molar-refractivity contribution in [2.24, 2.45) is 23.7 Å². The van der Waals surface area contributed by atoms with E-state index >= 15 is 0 Å². The summed E-state index contributed by atoms with van der Waals surface area (Å²) in [6.07, 6.45) is 4.46. The van der Waals surface area contributed by atoms with E-state index < -0.39 is 0 Å². The first kappa shape index (κ1) is 6.28. The first-order valence-electron chi connectivity index (χ1n) is 4.98. The monoisotopic (exact) mass is 148 g/mol. The molecule has 0 bridgehead atoms. The van der Waals surface area contributed by atoms with Crippen molar-refractivity contribution in [3.63, 3.8) is 0 Å². The summed E-state index contributed by atoms with van der Waals surface area (Å²) in [5.41, 5.74) is 3.63. The third kappa shape index (κ3) is 0.544. The molecule has 0 amide bonds. The van der Waals surface area contributed by atoms with E-state index in [1.165, 1.54) is 19.3 Å². The molecule has 0 heteroatoms. The van der Waals surface area contributed by atoms with Crippen LogP contribution in [0.1, 0.15) is 33.1 Å². The van der Waals surface area contributed by atoms with Crippen molar-refractivity contribution in [1.29, 1.82) is 0 Å². The summed E-state index contributed by atoms with van der Waals surface area (Å²) in [6.45, 7) is 4.79. The van der Waals surface area contributed by atoms with Gasteiger partial charge < -0.3 is 0 Å². The lowest BCUT2D eigenvalue weighted by molar-refractivity contribution is 0.130. The third-order valence-corrected chi connectivity index (χ3v) is 4.34. The summed E-state index contributed by atoms with van der Waals surface area (Å²) in [5, 5.41) is 0. The van der Waals surface area contributed by atoms with Crippen LogP contribution in [0, 0.1) is 23.7 Å². The predicted molar refractivity (Wildman–Crippen MR) is 46.2 cm³/mol. The van der Waals surface area contributed by atoms with Gasteiger partial charge in [-0.1, -0.05) is 18.1 Å². The van der Waals surface area contributed by atoms with E-state index in [9.17, 15) is 0 Å². The summed E-state index contributed by atoms with van der Waals surface area (Å²) in [5.74, 6) is 4.29. The zero-order valence-electron chi connectivity index (χ0n) is 7.43. The maximum Gasteiger partial charge on any atom is -0.0124 e. The van der Waals surface area contributed by atoms with Gasteiger partial charge in [0.1, 0.15) is 0 Å². The van der Waals surface area contributed by atoms with Crippen LogP contribution in [-0.4, -0.2) is 0 Å². The molecule has 0 heterocycles. The van der Waals surface area contributed by atoms with Gasteiger partial charge in [0, 0.05) is 0 Å². The van der Waals surface area contributed by atoms with E-state index in [-0.39, 0.29) is 0 Å². The molecule has 0 aromatic rings. The normalized spacial score (nSPS) is 52.9. The Morgan fingerprint density at radius 3 is 2.73 bits per heavy atom. The van der Waals surface area contributed by atoms with Crippen molar-refractivity contribution in [2.75, 3.05) is 0 Å². The van der Waals surface area contributed by atoms with Crippen molar-refractivity contribution in [3.8, 4) is 0 Å². The summed E-state index contributed by atoms with van der Waals surface area (Å²) in [4.78, 5) is 0. The quantitative estimate of drug-likeness (QED) is 0.463. The lowest BCUT2D eigenvalue weighted by atomic mass is 9.51. The Balaban J connectivity index is 1.94. The third-order valence-electron chi connectivity index (χ3n) is 4.34. The standard InChI is InChI=1S/C11H16/c1-6-3-4-8-10(6)9-5-7(2)11(8)9/h6,8-10H,3-5H2,1-2H3/t6-,8?,9?,10-/m1/s1. The van der Waals surface area contributed by atoms with Gasteiger partial charge in [-0.3, -0.25) is 0 Å². The zero-order chi connectivity index (χ0) is 7.59. The lowest BCUT2D eigenvalue weighted by Gasteiger charge is -2.54. The molecular formula is C11H16. The molecule has 3 aliphatic carbocycles. The van der Waals surface area contributed by atoms with Gasteiger partial charge in [0.25, 0.3) is 0 Å². The molecule has 0 saturated heterocycles. The van der Waals surface area contributed by atoms with Crippen LogP contribution in [0.2, 0.25) is 0 Å². The maximum absolute atomic E-state index is 2.45. The highest BCUT2D eigenvalue weighted by Crippen LogP contribution is 2.65. The zero-order valence-corrected chi connectivity index (χ0v) is 7.43. The van der Waals surface area contributed by atoms with E-state index in [0.717, 1.165) is 23.7 Å². The molecule has 60 valence electrons. The van der Waals surface area contributed by atoms with Crippen molar-refractivity contribution >= 4 is 0 Å². The van der Waals surface area contributed by atoms with Gasteiger partial charge in [0.05, 0.1) is 0 Å². The molecule has 2 saturated carbocycles. The van der Waals surface area contributed by atoms with Gasteiger partial charge in [0.2, 0.25) is 0 Å². The first-order chi connectivity index (χ1) is 5.29. The molecule has 3 rings (SSSR count). The van der Waals surface area contributed by atoms with Crippen molar-refractivity contribution in [3.05, 3.63) is 11.1 Å². The Hall–Kier alpha value is -0.260. The molecule has 0 aromatic heterocycles. The van der Waals surface area contributed by atoms with Crippen molar-refractivity contribution < 1.29 is 0 Å². The molecule has 0 spiro atoms. The molecular weight excluding hydrogens is 132 g/mol. The summed E-state index contributed by atoms with van der Waals surface area (Å²) in [6, 6.07) is 0. The average Bonchev–Trinajstić information content (AvgIpc) is 2.21. The molecule has 4 atom stereocenters. The minimum Gasteiger partial charge on any atom is -0.0729 e. The fourth-order valence-corrected chi connectivity index (χ4v) is 3.82. The van der Waals surface area contributed by atoms with Gasteiger partial charge in [-0.15, -0.1) is 0 Å². The SMILES string of the molecule is CC1=C2C3CC[C@@H](C)[C@H]3C2C1. The minimum atomic E-state index is 1.04. The maximum atomic E-state index is 2.45. The minimum absolute atomic E-state index is 1.04. The topological polar surface area (TPSA) is 0 Å². The summed E-state index contributed by atoms with van der Waals surface area (Å²) < 4.78 is 0. The highest BCUT2D eigenvalue weighted by molar-refractivity contribution is 5.39. The van der Waals surface area contributed by atoms with Crippen LogP contribution < -0.4 is 0 Å². The molecule has 0 radical (unpaired) electrons. The van der Waals surface area contributed by atoms with Crippen LogP contribution in [0.25, 0.3) is 0 Å². The summed E-state index contributed by atoms with van der Waals surface area (Å²) in [7, 11) is 0. The number of hydrogen-bond donors (Lipinski definition) is 0. The molecule has 0 N–H and O–H groups in total. The van der Waals surface area contributed by atoms with Gasteiger partial charge in [0.15, 0.2) is 0 Å². The van der Waals surface area contributed by atoms with Gasteiger partial charge in [-0.05, 0) is 49.9 Å².